The van der Waals surface area contributed by atoms with E-state index in [4.69, 9.17) is 10.5 Å². The second-order valence-electron chi connectivity index (χ2n) is 5.16. The molecule has 2 rings (SSSR count). The Morgan fingerprint density at radius 1 is 1.47 bits per heavy atom. The van der Waals surface area contributed by atoms with Gasteiger partial charge in [0.25, 0.3) is 0 Å². The maximum Gasteiger partial charge on any atom is 0.242 e. The number of nitrogens with two attached hydrogens (primary N) is 1. The van der Waals surface area contributed by atoms with E-state index in [1.807, 2.05) is 4.90 Å². The van der Waals surface area contributed by atoms with Crippen LogP contribution in [0.4, 0.5) is 0 Å². The molecule has 1 fully saturated rings. The van der Waals surface area contributed by atoms with E-state index in [0.717, 1.165) is 19.4 Å². The summed E-state index contributed by atoms with van der Waals surface area (Å²) < 4.78 is 4.97. The Morgan fingerprint density at radius 2 is 2.16 bits per heavy atom. The van der Waals surface area contributed by atoms with E-state index in [-0.39, 0.29) is 18.6 Å². The Hall–Kier alpha value is -1.39. The summed E-state index contributed by atoms with van der Waals surface area (Å²) in [6.45, 7) is 3.13. The molecule has 1 aliphatic rings. The van der Waals surface area contributed by atoms with Gasteiger partial charge in [0.15, 0.2) is 0 Å². The smallest absolute Gasteiger partial charge is 0.242 e. The summed E-state index contributed by atoms with van der Waals surface area (Å²) >= 11 is 0. The standard InChI is InChI=1S/C15H22N2O2/c1-11-5-7-12(8-6-11)14-4-3-9-17(14)15(18)13(16)10-19-2/h5-8,13-14H,3-4,9-10,16H2,1-2H3. The van der Waals surface area contributed by atoms with Crippen molar-refractivity contribution in [2.75, 3.05) is 20.3 Å². The maximum absolute atomic E-state index is 12.3. The van der Waals surface area contributed by atoms with Gasteiger partial charge in [-0.3, -0.25) is 4.79 Å². The van der Waals surface area contributed by atoms with Crippen molar-refractivity contribution < 1.29 is 9.53 Å². The van der Waals surface area contributed by atoms with Gasteiger partial charge in [0.2, 0.25) is 5.91 Å². The number of carbonyl (C=O) groups is 1. The zero-order valence-electron chi connectivity index (χ0n) is 11.6. The minimum absolute atomic E-state index is 0.00933. The van der Waals surface area contributed by atoms with Crippen LogP contribution in [0.25, 0.3) is 0 Å². The van der Waals surface area contributed by atoms with Crippen molar-refractivity contribution >= 4 is 5.91 Å². The second kappa shape index (κ2) is 6.17. The number of rotatable bonds is 4. The maximum atomic E-state index is 12.3. The van der Waals surface area contributed by atoms with Crippen molar-refractivity contribution in [3.05, 3.63) is 35.4 Å². The summed E-state index contributed by atoms with van der Waals surface area (Å²) in [4.78, 5) is 14.2. The van der Waals surface area contributed by atoms with Crippen LogP contribution in [0.15, 0.2) is 24.3 Å². The molecule has 0 aliphatic carbocycles. The highest BCUT2D eigenvalue weighted by Gasteiger charge is 2.32. The van der Waals surface area contributed by atoms with Crippen molar-refractivity contribution in [3.8, 4) is 0 Å². The lowest BCUT2D eigenvalue weighted by atomic mass is 10.0. The number of aryl methyl sites for hydroxylation is 1. The van der Waals surface area contributed by atoms with Crippen LogP contribution in [-0.4, -0.2) is 37.1 Å². The molecule has 0 aromatic heterocycles. The highest BCUT2D eigenvalue weighted by Crippen LogP contribution is 2.32. The quantitative estimate of drug-likeness (QED) is 0.897. The van der Waals surface area contributed by atoms with E-state index in [0.29, 0.717) is 0 Å². The van der Waals surface area contributed by atoms with Crippen molar-refractivity contribution in [3.63, 3.8) is 0 Å². The number of methoxy groups -OCH3 is 1. The van der Waals surface area contributed by atoms with Crippen LogP contribution in [0.2, 0.25) is 0 Å². The number of likely N-dealkylation sites (tertiary alicyclic amines) is 1. The van der Waals surface area contributed by atoms with Crippen LogP contribution in [0.3, 0.4) is 0 Å². The van der Waals surface area contributed by atoms with Gasteiger partial charge in [0, 0.05) is 13.7 Å². The monoisotopic (exact) mass is 262 g/mol. The molecule has 0 spiro atoms. The molecule has 1 amide bonds. The summed E-state index contributed by atoms with van der Waals surface area (Å²) in [6, 6.07) is 7.99. The number of carbonyl (C=O) groups excluding carboxylic acids is 1. The summed E-state index contributed by atoms with van der Waals surface area (Å²) in [5, 5.41) is 0. The molecule has 1 saturated heterocycles. The van der Waals surface area contributed by atoms with Gasteiger partial charge in [-0.2, -0.15) is 0 Å². The Kier molecular flexibility index (Phi) is 4.56. The van der Waals surface area contributed by atoms with Crippen molar-refractivity contribution in [1.82, 2.24) is 4.90 Å². The SMILES string of the molecule is COCC(N)C(=O)N1CCCC1c1ccc(C)cc1. The molecule has 4 nitrogen and oxygen atoms in total. The lowest BCUT2D eigenvalue weighted by Crippen LogP contribution is -2.45. The Morgan fingerprint density at radius 3 is 2.79 bits per heavy atom. The zero-order chi connectivity index (χ0) is 13.8. The minimum atomic E-state index is -0.559. The summed E-state index contributed by atoms with van der Waals surface area (Å²) in [5.41, 5.74) is 8.28. The van der Waals surface area contributed by atoms with Gasteiger partial charge in [-0.05, 0) is 25.3 Å². The Balaban J connectivity index is 2.12. The van der Waals surface area contributed by atoms with Crippen LogP contribution in [0.5, 0.6) is 0 Å². The fraction of sp³-hybridized carbons (Fsp3) is 0.533. The molecule has 1 heterocycles. The molecule has 104 valence electrons. The van der Waals surface area contributed by atoms with Gasteiger partial charge in [0.05, 0.1) is 12.6 Å². The van der Waals surface area contributed by atoms with Gasteiger partial charge in [0.1, 0.15) is 6.04 Å². The summed E-state index contributed by atoms with van der Waals surface area (Å²) in [5.74, 6) is -0.00933. The molecule has 2 unspecified atom stereocenters. The van der Waals surface area contributed by atoms with Gasteiger partial charge >= 0.3 is 0 Å². The first-order valence-corrected chi connectivity index (χ1v) is 6.75. The molecular formula is C15H22N2O2. The van der Waals surface area contributed by atoms with Crippen LogP contribution in [0.1, 0.15) is 30.0 Å². The molecule has 19 heavy (non-hydrogen) atoms. The zero-order valence-corrected chi connectivity index (χ0v) is 11.6. The Labute approximate surface area is 114 Å². The van der Waals surface area contributed by atoms with Gasteiger partial charge in [-0.15, -0.1) is 0 Å². The summed E-state index contributed by atoms with van der Waals surface area (Å²) in [7, 11) is 1.56. The molecule has 0 bridgehead atoms. The van der Waals surface area contributed by atoms with E-state index in [1.165, 1.54) is 11.1 Å². The molecule has 2 atom stereocenters. The van der Waals surface area contributed by atoms with E-state index in [2.05, 4.69) is 31.2 Å². The molecule has 1 aliphatic heterocycles. The first-order valence-electron chi connectivity index (χ1n) is 6.75. The van der Waals surface area contributed by atoms with Gasteiger partial charge in [-0.1, -0.05) is 29.8 Å². The van der Waals surface area contributed by atoms with Crippen LogP contribution >= 0.6 is 0 Å². The number of hydrogen-bond donors (Lipinski definition) is 1. The van der Waals surface area contributed by atoms with Crippen LogP contribution in [-0.2, 0) is 9.53 Å². The topological polar surface area (TPSA) is 55.6 Å². The lowest BCUT2D eigenvalue weighted by Gasteiger charge is -2.27. The predicted molar refractivity (Wildman–Crippen MR) is 74.7 cm³/mol. The molecule has 2 N–H and O–H groups in total. The van der Waals surface area contributed by atoms with E-state index in [9.17, 15) is 4.79 Å². The lowest BCUT2D eigenvalue weighted by molar-refractivity contribution is -0.134. The molecule has 1 aromatic rings. The normalized spacial score (nSPS) is 20.6. The third kappa shape index (κ3) is 3.14. The fourth-order valence-corrected chi connectivity index (χ4v) is 2.63. The first kappa shape index (κ1) is 14.0. The van der Waals surface area contributed by atoms with Crippen LogP contribution in [0, 0.1) is 6.92 Å². The van der Waals surface area contributed by atoms with E-state index < -0.39 is 6.04 Å². The van der Waals surface area contributed by atoms with Crippen molar-refractivity contribution in [2.45, 2.75) is 31.8 Å². The number of hydrogen-bond acceptors (Lipinski definition) is 3. The first-order chi connectivity index (χ1) is 9.13. The predicted octanol–water partition coefficient (Wildman–Crippen LogP) is 1.63. The molecule has 0 saturated carbocycles. The minimum Gasteiger partial charge on any atom is -0.383 e. The highest BCUT2D eigenvalue weighted by molar-refractivity contribution is 5.82. The fourth-order valence-electron chi connectivity index (χ4n) is 2.63. The largest absolute Gasteiger partial charge is 0.383 e. The molecular weight excluding hydrogens is 240 g/mol. The number of amides is 1. The van der Waals surface area contributed by atoms with Crippen molar-refractivity contribution in [2.24, 2.45) is 5.73 Å². The summed E-state index contributed by atoms with van der Waals surface area (Å²) in [6.07, 6.45) is 2.04. The number of ether oxygens (including phenoxy) is 1. The number of nitrogens with zero attached hydrogens (tertiary/aromatic N) is 1. The average molecular weight is 262 g/mol. The number of benzene rings is 1. The van der Waals surface area contributed by atoms with Crippen molar-refractivity contribution in [1.29, 1.82) is 0 Å². The second-order valence-corrected chi connectivity index (χ2v) is 5.16. The van der Waals surface area contributed by atoms with E-state index in [1.54, 1.807) is 7.11 Å². The highest BCUT2D eigenvalue weighted by atomic mass is 16.5. The van der Waals surface area contributed by atoms with E-state index >= 15 is 0 Å². The van der Waals surface area contributed by atoms with Gasteiger partial charge < -0.3 is 15.4 Å². The molecule has 1 aromatic carbocycles. The Bertz CT molecular complexity index is 430. The third-order valence-corrected chi connectivity index (χ3v) is 3.66. The van der Waals surface area contributed by atoms with Crippen LogP contribution < -0.4 is 5.73 Å². The molecule has 4 heteroatoms. The molecule has 0 radical (unpaired) electrons. The third-order valence-electron chi connectivity index (χ3n) is 3.66. The van der Waals surface area contributed by atoms with Gasteiger partial charge in [-0.25, -0.2) is 0 Å². The average Bonchev–Trinajstić information content (AvgIpc) is 2.88.